The molecule has 0 aliphatic carbocycles. The van der Waals surface area contributed by atoms with Gasteiger partial charge in [0, 0.05) is 41.5 Å². The molecule has 0 atom stereocenters. The quantitative estimate of drug-likeness (QED) is 0.538. The Bertz CT molecular complexity index is 1180. The van der Waals surface area contributed by atoms with E-state index in [-0.39, 0.29) is 11.9 Å². The Hall–Kier alpha value is -3.74. The molecule has 1 aliphatic heterocycles. The van der Waals surface area contributed by atoms with Gasteiger partial charge in [-0.25, -0.2) is 9.37 Å². The zero-order valence-electron chi connectivity index (χ0n) is 15.5. The molecule has 29 heavy (non-hydrogen) atoms. The van der Waals surface area contributed by atoms with Crippen LogP contribution in [0, 0.1) is 5.82 Å². The number of hydrogen-bond acceptors (Lipinski definition) is 6. The van der Waals surface area contributed by atoms with E-state index in [9.17, 15) is 4.39 Å². The van der Waals surface area contributed by atoms with E-state index in [0.717, 1.165) is 28.0 Å². The van der Waals surface area contributed by atoms with Crippen LogP contribution in [0.3, 0.4) is 0 Å². The third-order valence-corrected chi connectivity index (χ3v) is 4.93. The van der Waals surface area contributed by atoms with Crippen LogP contribution in [0.25, 0.3) is 22.2 Å². The molecule has 0 bridgehead atoms. The van der Waals surface area contributed by atoms with Crippen LogP contribution in [0.15, 0.2) is 67.1 Å². The van der Waals surface area contributed by atoms with Crippen molar-refractivity contribution in [3.8, 4) is 16.9 Å². The first-order valence-electron chi connectivity index (χ1n) is 9.29. The Balaban J connectivity index is 1.31. The number of hydrogen-bond donors (Lipinski definition) is 1. The number of aromatic nitrogens is 3. The van der Waals surface area contributed by atoms with Crippen molar-refractivity contribution in [3.05, 3.63) is 72.9 Å². The van der Waals surface area contributed by atoms with E-state index >= 15 is 0 Å². The van der Waals surface area contributed by atoms with E-state index in [4.69, 9.17) is 10.5 Å². The summed E-state index contributed by atoms with van der Waals surface area (Å²) >= 11 is 0. The second kappa shape index (κ2) is 7.01. The van der Waals surface area contributed by atoms with Crippen LogP contribution >= 0.6 is 0 Å². The first-order valence-corrected chi connectivity index (χ1v) is 9.29. The summed E-state index contributed by atoms with van der Waals surface area (Å²) in [7, 11) is 0. The first kappa shape index (κ1) is 17.4. The van der Waals surface area contributed by atoms with Gasteiger partial charge in [-0.15, -0.1) is 0 Å². The third-order valence-electron chi connectivity index (χ3n) is 4.93. The van der Waals surface area contributed by atoms with E-state index in [1.165, 1.54) is 12.1 Å². The van der Waals surface area contributed by atoms with Gasteiger partial charge in [-0.2, -0.15) is 0 Å². The van der Waals surface area contributed by atoms with Crippen molar-refractivity contribution in [3.63, 3.8) is 0 Å². The van der Waals surface area contributed by atoms with Crippen molar-refractivity contribution < 1.29 is 9.13 Å². The molecule has 1 fully saturated rings. The molecule has 0 spiro atoms. The van der Waals surface area contributed by atoms with E-state index < -0.39 is 0 Å². The summed E-state index contributed by atoms with van der Waals surface area (Å²) in [5.41, 5.74) is 10.0. The molecular formula is C22H18FN5O. The summed E-state index contributed by atoms with van der Waals surface area (Å²) in [4.78, 5) is 15.5. The molecule has 0 saturated carbocycles. The van der Waals surface area contributed by atoms with Crippen molar-refractivity contribution in [1.29, 1.82) is 0 Å². The number of ether oxygens (including phenoxy) is 1. The Labute approximate surface area is 166 Å². The number of nitrogen functional groups attached to an aromatic ring is 1. The van der Waals surface area contributed by atoms with E-state index in [1.807, 2.05) is 30.5 Å². The molecule has 7 heteroatoms. The van der Waals surface area contributed by atoms with Crippen LogP contribution in [0.4, 0.5) is 15.9 Å². The minimum Gasteiger partial charge on any atom is -0.487 e. The highest BCUT2D eigenvalue weighted by molar-refractivity contribution is 5.94. The van der Waals surface area contributed by atoms with Crippen LogP contribution in [0.5, 0.6) is 5.75 Å². The monoisotopic (exact) mass is 387 g/mol. The maximum absolute atomic E-state index is 13.3. The Kier molecular flexibility index (Phi) is 4.20. The molecule has 2 aromatic carbocycles. The van der Waals surface area contributed by atoms with Crippen LogP contribution in [-0.4, -0.2) is 34.1 Å². The molecule has 4 aromatic rings. The van der Waals surface area contributed by atoms with Gasteiger partial charge in [-0.3, -0.25) is 9.97 Å². The van der Waals surface area contributed by atoms with Gasteiger partial charge in [0.05, 0.1) is 24.1 Å². The second-order valence-corrected chi connectivity index (χ2v) is 7.00. The number of rotatable bonds is 4. The molecule has 3 heterocycles. The molecule has 6 nitrogen and oxygen atoms in total. The topological polar surface area (TPSA) is 77.2 Å². The second-order valence-electron chi connectivity index (χ2n) is 7.00. The summed E-state index contributed by atoms with van der Waals surface area (Å²) in [5.74, 6) is 1.12. The number of halogens is 1. The van der Waals surface area contributed by atoms with Gasteiger partial charge >= 0.3 is 0 Å². The lowest BCUT2D eigenvalue weighted by atomic mass is 10.0. The van der Waals surface area contributed by atoms with Crippen molar-refractivity contribution in [1.82, 2.24) is 15.0 Å². The number of nitrogens with zero attached hydrogens (tertiary/aromatic N) is 4. The Morgan fingerprint density at radius 1 is 1.00 bits per heavy atom. The lowest BCUT2D eigenvalue weighted by Crippen LogP contribution is -2.54. The first-order chi connectivity index (χ1) is 14.2. The van der Waals surface area contributed by atoms with Crippen LogP contribution in [-0.2, 0) is 0 Å². The average molecular weight is 387 g/mol. The average Bonchev–Trinajstić information content (AvgIpc) is 2.70. The van der Waals surface area contributed by atoms with Gasteiger partial charge in [-0.05, 0) is 36.4 Å². The zero-order valence-corrected chi connectivity index (χ0v) is 15.5. The summed E-state index contributed by atoms with van der Waals surface area (Å²) in [6.45, 7) is 1.41. The molecule has 0 radical (unpaired) electrons. The standard InChI is InChI=1S/C22H18FN5O/c23-15-2-1-3-17(8-15)29-18-12-28(13-18)21-5-4-14(11-27-21)19-9-16(24)10-20-22(19)26-7-6-25-20/h1-11,18H,12-13,24H2. The van der Waals surface area contributed by atoms with Gasteiger partial charge in [0.2, 0.25) is 0 Å². The maximum Gasteiger partial charge on any atom is 0.134 e. The summed E-state index contributed by atoms with van der Waals surface area (Å²) in [6, 6.07) is 13.9. The molecule has 1 aliphatic rings. The van der Waals surface area contributed by atoms with Crippen molar-refractivity contribution in [2.24, 2.45) is 0 Å². The van der Waals surface area contributed by atoms with Crippen molar-refractivity contribution in [2.75, 3.05) is 23.7 Å². The molecule has 0 unspecified atom stereocenters. The van der Waals surface area contributed by atoms with E-state index in [1.54, 1.807) is 24.5 Å². The highest BCUT2D eigenvalue weighted by Gasteiger charge is 2.29. The number of nitrogens with two attached hydrogens (primary N) is 1. The maximum atomic E-state index is 13.3. The minimum atomic E-state index is -0.297. The number of anilines is 2. The van der Waals surface area contributed by atoms with E-state index in [0.29, 0.717) is 24.5 Å². The van der Waals surface area contributed by atoms with Crippen LogP contribution in [0.2, 0.25) is 0 Å². The summed E-state index contributed by atoms with van der Waals surface area (Å²) in [6.07, 6.45) is 5.16. The minimum absolute atomic E-state index is 0.0198. The van der Waals surface area contributed by atoms with Crippen molar-refractivity contribution in [2.45, 2.75) is 6.10 Å². The molecule has 0 amide bonds. The molecule has 2 N–H and O–H groups in total. The lowest BCUT2D eigenvalue weighted by molar-refractivity contribution is 0.166. The van der Waals surface area contributed by atoms with Gasteiger partial charge in [0.1, 0.15) is 23.5 Å². The number of fused-ring (bicyclic) bond motifs is 1. The molecule has 144 valence electrons. The van der Waals surface area contributed by atoms with Crippen molar-refractivity contribution >= 4 is 22.5 Å². The Morgan fingerprint density at radius 3 is 2.66 bits per heavy atom. The fourth-order valence-electron chi connectivity index (χ4n) is 3.48. The van der Waals surface area contributed by atoms with Crippen LogP contribution in [0.1, 0.15) is 0 Å². The highest BCUT2D eigenvalue weighted by atomic mass is 19.1. The number of benzene rings is 2. The van der Waals surface area contributed by atoms with Crippen LogP contribution < -0.4 is 15.4 Å². The fraction of sp³-hybridized carbons (Fsp3) is 0.136. The molecule has 1 saturated heterocycles. The molecule has 2 aromatic heterocycles. The van der Waals surface area contributed by atoms with Gasteiger partial charge in [0.15, 0.2) is 0 Å². The predicted octanol–water partition coefficient (Wildman–Crippen LogP) is 3.68. The van der Waals surface area contributed by atoms with Gasteiger partial charge in [-0.1, -0.05) is 6.07 Å². The number of pyridine rings is 1. The highest BCUT2D eigenvalue weighted by Crippen LogP contribution is 2.30. The summed E-state index contributed by atoms with van der Waals surface area (Å²) in [5, 5.41) is 0. The zero-order chi connectivity index (χ0) is 19.8. The lowest BCUT2D eigenvalue weighted by Gasteiger charge is -2.39. The smallest absolute Gasteiger partial charge is 0.134 e. The van der Waals surface area contributed by atoms with Gasteiger partial charge in [0.25, 0.3) is 0 Å². The van der Waals surface area contributed by atoms with E-state index in [2.05, 4.69) is 19.9 Å². The van der Waals surface area contributed by atoms with Gasteiger partial charge < -0.3 is 15.4 Å². The predicted molar refractivity (Wildman–Crippen MR) is 110 cm³/mol. The Morgan fingerprint density at radius 2 is 1.86 bits per heavy atom. The fourth-order valence-corrected chi connectivity index (χ4v) is 3.48. The largest absolute Gasteiger partial charge is 0.487 e. The molecular weight excluding hydrogens is 369 g/mol. The molecule has 5 rings (SSSR count). The summed E-state index contributed by atoms with van der Waals surface area (Å²) < 4.78 is 19.1. The SMILES string of the molecule is Nc1cc(-c2ccc(N3CC(Oc4cccc(F)c4)C3)nc2)c2nccnc2c1. The normalized spacial score (nSPS) is 14.0. The third kappa shape index (κ3) is 3.42.